The first-order valence-electron chi connectivity index (χ1n) is 5.46. The fourth-order valence-electron chi connectivity index (χ4n) is 1.75. The van der Waals surface area contributed by atoms with Gasteiger partial charge in [-0.25, -0.2) is 0 Å². The molecule has 0 radical (unpaired) electrons. The maximum absolute atomic E-state index is 11.4. The van der Waals surface area contributed by atoms with Gasteiger partial charge in [-0.15, -0.1) is 0 Å². The fourth-order valence-corrected chi connectivity index (χ4v) is 1.82. The lowest BCUT2D eigenvalue weighted by atomic mass is 9.95. The molecule has 0 aromatic carbocycles. The van der Waals surface area contributed by atoms with Crippen molar-refractivity contribution in [1.82, 2.24) is 10.6 Å². The molecule has 0 aliphatic heterocycles. The summed E-state index contributed by atoms with van der Waals surface area (Å²) in [5.74, 6) is -1.26. The van der Waals surface area contributed by atoms with Crippen LogP contribution in [0.15, 0.2) is 0 Å². The van der Waals surface area contributed by atoms with Crippen LogP contribution < -0.4 is 16.4 Å². The van der Waals surface area contributed by atoms with Crippen LogP contribution in [0.2, 0.25) is 0 Å². The summed E-state index contributed by atoms with van der Waals surface area (Å²) in [6.45, 7) is 0.0618. The molecule has 0 aromatic rings. The molecular formula is C10H17N3O2S. The van der Waals surface area contributed by atoms with E-state index in [1.165, 1.54) is 6.42 Å². The fraction of sp³-hybridized carbons (Fsp3) is 0.700. The number of hydrogen-bond acceptors (Lipinski definition) is 3. The van der Waals surface area contributed by atoms with Crippen LogP contribution in [0.1, 0.15) is 32.1 Å². The van der Waals surface area contributed by atoms with Gasteiger partial charge < -0.3 is 16.4 Å². The molecule has 1 saturated carbocycles. The number of nitrogens with two attached hydrogens (primary N) is 1. The molecule has 5 nitrogen and oxygen atoms in total. The first-order chi connectivity index (χ1) is 7.59. The van der Waals surface area contributed by atoms with E-state index in [-0.39, 0.29) is 17.6 Å². The Balaban J connectivity index is 2.27. The summed E-state index contributed by atoms with van der Waals surface area (Å²) >= 11 is 4.59. The number of thiocarbonyl (C=S) groups is 1. The normalized spacial score (nSPS) is 16.5. The predicted octanol–water partition coefficient (Wildman–Crippen LogP) is -0.162. The molecule has 4 N–H and O–H groups in total. The molecule has 0 aromatic heterocycles. The molecule has 0 saturated heterocycles. The van der Waals surface area contributed by atoms with E-state index in [0.717, 1.165) is 25.7 Å². The lowest BCUT2D eigenvalue weighted by molar-refractivity contribution is -0.139. The van der Waals surface area contributed by atoms with Crippen LogP contribution in [-0.4, -0.2) is 29.4 Å². The molecule has 0 bridgehead atoms. The smallest absolute Gasteiger partial charge is 0.309 e. The Morgan fingerprint density at radius 1 is 1.19 bits per heavy atom. The second-order valence-electron chi connectivity index (χ2n) is 3.96. The van der Waals surface area contributed by atoms with E-state index in [1.54, 1.807) is 0 Å². The Morgan fingerprint density at radius 3 is 2.38 bits per heavy atom. The maximum atomic E-state index is 11.4. The van der Waals surface area contributed by atoms with Gasteiger partial charge in [0.25, 0.3) is 0 Å². The molecule has 90 valence electrons. The molecule has 1 rings (SSSR count). The summed E-state index contributed by atoms with van der Waals surface area (Å²) in [6, 6.07) is 0.136. The lowest BCUT2D eigenvalue weighted by Gasteiger charge is -2.22. The molecule has 0 heterocycles. The minimum Gasteiger partial charge on any atom is -0.392 e. The highest BCUT2D eigenvalue weighted by molar-refractivity contribution is 7.80. The summed E-state index contributed by atoms with van der Waals surface area (Å²) in [7, 11) is 0. The van der Waals surface area contributed by atoms with Crippen molar-refractivity contribution < 1.29 is 9.59 Å². The summed E-state index contributed by atoms with van der Waals surface area (Å²) in [5, 5.41) is 5.06. The van der Waals surface area contributed by atoms with E-state index in [4.69, 9.17) is 5.73 Å². The van der Waals surface area contributed by atoms with Gasteiger partial charge in [0.1, 0.15) is 0 Å². The SMILES string of the molecule is NC(=S)CNC(=O)C(=O)NC1CCCCC1. The van der Waals surface area contributed by atoms with Crippen LogP contribution in [-0.2, 0) is 9.59 Å². The monoisotopic (exact) mass is 243 g/mol. The van der Waals surface area contributed by atoms with Crippen LogP contribution in [0.4, 0.5) is 0 Å². The van der Waals surface area contributed by atoms with E-state index in [2.05, 4.69) is 22.9 Å². The molecule has 16 heavy (non-hydrogen) atoms. The molecule has 0 spiro atoms. The highest BCUT2D eigenvalue weighted by Gasteiger charge is 2.19. The van der Waals surface area contributed by atoms with Crippen molar-refractivity contribution in [2.24, 2.45) is 5.73 Å². The summed E-state index contributed by atoms with van der Waals surface area (Å²) in [4.78, 5) is 22.9. The zero-order chi connectivity index (χ0) is 12.0. The second-order valence-corrected chi connectivity index (χ2v) is 4.48. The molecule has 6 heteroatoms. The van der Waals surface area contributed by atoms with Crippen molar-refractivity contribution >= 4 is 29.0 Å². The van der Waals surface area contributed by atoms with Crippen LogP contribution in [0.3, 0.4) is 0 Å². The van der Waals surface area contributed by atoms with Crippen molar-refractivity contribution in [2.45, 2.75) is 38.1 Å². The van der Waals surface area contributed by atoms with Crippen molar-refractivity contribution in [1.29, 1.82) is 0 Å². The highest BCUT2D eigenvalue weighted by atomic mass is 32.1. The molecule has 1 aliphatic carbocycles. The summed E-state index contributed by atoms with van der Waals surface area (Å²) in [5.41, 5.74) is 5.21. The summed E-state index contributed by atoms with van der Waals surface area (Å²) in [6.07, 6.45) is 5.33. The number of carbonyl (C=O) groups is 2. The molecule has 0 atom stereocenters. The Morgan fingerprint density at radius 2 is 1.81 bits per heavy atom. The quantitative estimate of drug-likeness (QED) is 0.475. The molecule has 1 aliphatic rings. The third-order valence-corrected chi connectivity index (χ3v) is 2.71. The average Bonchev–Trinajstić information content (AvgIpc) is 2.27. The van der Waals surface area contributed by atoms with E-state index in [9.17, 15) is 9.59 Å². The van der Waals surface area contributed by atoms with Gasteiger partial charge in [-0.2, -0.15) is 0 Å². The van der Waals surface area contributed by atoms with Gasteiger partial charge >= 0.3 is 11.8 Å². The Labute approximate surface area is 100 Å². The summed E-state index contributed by atoms with van der Waals surface area (Å²) < 4.78 is 0. The topological polar surface area (TPSA) is 84.2 Å². The van der Waals surface area contributed by atoms with Gasteiger partial charge in [0, 0.05) is 6.04 Å². The van der Waals surface area contributed by atoms with Gasteiger partial charge in [-0.05, 0) is 12.8 Å². The van der Waals surface area contributed by atoms with E-state index >= 15 is 0 Å². The van der Waals surface area contributed by atoms with Crippen LogP contribution in [0, 0.1) is 0 Å². The zero-order valence-electron chi connectivity index (χ0n) is 9.12. The van der Waals surface area contributed by atoms with Gasteiger partial charge in [0.05, 0.1) is 11.5 Å². The number of amides is 2. The Kier molecular flexibility index (Phi) is 5.18. The van der Waals surface area contributed by atoms with Gasteiger partial charge in [-0.3, -0.25) is 9.59 Å². The van der Waals surface area contributed by atoms with Crippen molar-refractivity contribution in [2.75, 3.05) is 6.54 Å². The maximum Gasteiger partial charge on any atom is 0.309 e. The van der Waals surface area contributed by atoms with Gasteiger partial charge in [0.2, 0.25) is 0 Å². The first-order valence-corrected chi connectivity index (χ1v) is 5.87. The molecule has 2 amide bonds. The zero-order valence-corrected chi connectivity index (χ0v) is 9.94. The van der Waals surface area contributed by atoms with Crippen molar-refractivity contribution in [3.05, 3.63) is 0 Å². The number of hydrogen-bond donors (Lipinski definition) is 3. The minimum atomic E-state index is -0.668. The lowest BCUT2D eigenvalue weighted by Crippen LogP contribution is -2.46. The molecule has 1 fully saturated rings. The third kappa shape index (κ3) is 4.57. The first kappa shape index (κ1) is 12.9. The molecular weight excluding hydrogens is 226 g/mol. The standard InChI is InChI=1S/C10H17N3O2S/c11-8(16)6-12-9(14)10(15)13-7-4-2-1-3-5-7/h7H,1-6H2,(H2,11,16)(H,12,14)(H,13,15). The predicted molar refractivity (Wildman–Crippen MR) is 64.8 cm³/mol. The van der Waals surface area contributed by atoms with E-state index in [1.807, 2.05) is 0 Å². The Hall–Kier alpha value is -1.17. The second kappa shape index (κ2) is 6.42. The number of carbonyl (C=O) groups excluding carboxylic acids is 2. The van der Waals surface area contributed by atoms with E-state index < -0.39 is 11.8 Å². The van der Waals surface area contributed by atoms with Crippen molar-refractivity contribution in [3.63, 3.8) is 0 Å². The molecule has 0 unspecified atom stereocenters. The van der Waals surface area contributed by atoms with Gasteiger partial charge in [0.15, 0.2) is 0 Å². The van der Waals surface area contributed by atoms with Crippen LogP contribution >= 0.6 is 12.2 Å². The van der Waals surface area contributed by atoms with Gasteiger partial charge in [-0.1, -0.05) is 31.5 Å². The number of nitrogens with one attached hydrogen (secondary N) is 2. The van der Waals surface area contributed by atoms with Crippen LogP contribution in [0.25, 0.3) is 0 Å². The number of rotatable bonds is 3. The average molecular weight is 243 g/mol. The largest absolute Gasteiger partial charge is 0.392 e. The minimum absolute atomic E-state index is 0.0618. The highest BCUT2D eigenvalue weighted by Crippen LogP contribution is 2.17. The van der Waals surface area contributed by atoms with E-state index in [0.29, 0.717) is 0 Å². The van der Waals surface area contributed by atoms with Crippen molar-refractivity contribution in [3.8, 4) is 0 Å². The Bertz CT molecular complexity index is 288. The third-order valence-electron chi connectivity index (χ3n) is 2.57. The van der Waals surface area contributed by atoms with Crippen LogP contribution in [0.5, 0.6) is 0 Å².